The van der Waals surface area contributed by atoms with Crippen LogP contribution in [0.3, 0.4) is 0 Å². The molecule has 0 saturated carbocycles. The fourth-order valence-corrected chi connectivity index (χ4v) is 12.5. The number of benzene rings is 5. The summed E-state index contributed by atoms with van der Waals surface area (Å²) in [6.45, 7) is 14.6. The number of hydrogen-bond acceptors (Lipinski definition) is 16. The van der Waals surface area contributed by atoms with E-state index >= 15 is 0 Å². The number of fused-ring (bicyclic) bond motifs is 5. The van der Waals surface area contributed by atoms with Crippen LogP contribution in [0, 0.1) is 0 Å². The molecule has 4 heterocycles. The molecule has 2 aromatic heterocycles. The Bertz CT molecular complexity index is 3890. The van der Waals surface area contributed by atoms with Gasteiger partial charge in [-0.3, -0.25) is 24.5 Å². The average molecular weight is 1280 g/mol. The van der Waals surface area contributed by atoms with Gasteiger partial charge in [-0.05, 0) is 139 Å². The van der Waals surface area contributed by atoms with Crippen molar-refractivity contribution in [1.82, 2.24) is 25.5 Å². The van der Waals surface area contributed by atoms with Crippen LogP contribution in [0.25, 0.3) is 32.7 Å². The number of methoxy groups -OCH3 is 1. The SMILES string of the molecule is CCc1c2c(nc3ccc(O[Si](C)(C)C(C)(C)C)cc13)-c1cc3c(c(=O)n1C2)COC(=O)C3(CC)OC(=O)OCc1ccc(NC(=O)C(CCCCNC(c2ccccc2)(c2ccccc2)c2ccc(OC)cc2)NC(=O)COCC(=O)NCCOCCN=[N+]=[N-])cc1. The Morgan fingerprint density at radius 3 is 2.14 bits per heavy atom. The molecule has 0 fully saturated rings. The lowest BCUT2D eigenvalue weighted by Crippen LogP contribution is -2.47. The number of hydrogen-bond donors (Lipinski definition) is 4. The lowest BCUT2D eigenvalue weighted by molar-refractivity contribution is -0.175. The second kappa shape index (κ2) is 30.4. The van der Waals surface area contributed by atoms with E-state index in [9.17, 15) is 28.8 Å². The number of aromatic nitrogens is 2. The highest BCUT2D eigenvalue weighted by molar-refractivity contribution is 6.74. The Hall–Kier alpha value is -9.38. The number of anilines is 1. The number of cyclic esters (lactones) is 1. The minimum Gasteiger partial charge on any atom is -0.543 e. The van der Waals surface area contributed by atoms with E-state index in [1.165, 1.54) is 0 Å². The van der Waals surface area contributed by atoms with Crippen LogP contribution in [-0.2, 0) is 80.2 Å². The summed E-state index contributed by atoms with van der Waals surface area (Å²) < 4.78 is 41.8. The molecule has 0 saturated heterocycles. The molecule has 488 valence electrons. The highest BCUT2D eigenvalue weighted by atomic mass is 28.4. The molecule has 3 amide bonds. The van der Waals surface area contributed by atoms with Gasteiger partial charge in [0, 0.05) is 40.2 Å². The summed E-state index contributed by atoms with van der Waals surface area (Å²) >= 11 is 0. The first-order chi connectivity index (χ1) is 44.7. The highest BCUT2D eigenvalue weighted by Crippen LogP contribution is 2.44. The molecule has 0 bridgehead atoms. The van der Waals surface area contributed by atoms with Crippen molar-refractivity contribution in [1.29, 1.82) is 0 Å². The number of aryl methyl sites for hydroxylation is 1. The number of rotatable bonds is 30. The topological polar surface area (TPSA) is 282 Å². The molecule has 7 aromatic rings. The van der Waals surface area contributed by atoms with Crippen LogP contribution in [0.5, 0.6) is 11.5 Å². The third-order valence-corrected chi connectivity index (χ3v) is 21.8. The molecule has 0 spiro atoms. The van der Waals surface area contributed by atoms with Crippen molar-refractivity contribution in [2.75, 3.05) is 58.5 Å². The van der Waals surface area contributed by atoms with Gasteiger partial charge in [0.25, 0.3) is 5.56 Å². The first-order valence-corrected chi connectivity index (χ1v) is 34.2. The second-order valence-corrected chi connectivity index (χ2v) is 29.1. The number of ether oxygens (including phenoxy) is 6. The summed E-state index contributed by atoms with van der Waals surface area (Å²) in [6.07, 6.45) is 0.718. The summed E-state index contributed by atoms with van der Waals surface area (Å²) in [5.74, 6) is -0.973. The maximum absolute atomic E-state index is 14.5. The van der Waals surface area contributed by atoms with Crippen LogP contribution >= 0.6 is 0 Å². The molecule has 2 unspecified atom stereocenters. The first-order valence-electron chi connectivity index (χ1n) is 31.3. The van der Waals surface area contributed by atoms with Crippen molar-refractivity contribution in [3.05, 3.63) is 199 Å². The van der Waals surface area contributed by atoms with Gasteiger partial charge in [0.2, 0.25) is 31.6 Å². The van der Waals surface area contributed by atoms with Crippen LogP contribution in [0.15, 0.2) is 143 Å². The predicted molar refractivity (Wildman–Crippen MR) is 354 cm³/mol. The summed E-state index contributed by atoms with van der Waals surface area (Å²) in [5.41, 5.74) is 13.3. The Balaban J connectivity index is 0.861. The van der Waals surface area contributed by atoms with E-state index in [4.69, 9.17) is 43.4 Å². The minimum absolute atomic E-state index is 0.00935. The molecule has 23 heteroatoms. The Morgan fingerprint density at radius 2 is 1.48 bits per heavy atom. The lowest BCUT2D eigenvalue weighted by atomic mass is 9.77. The molecule has 2 aliphatic heterocycles. The minimum atomic E-state index is -2.16. The van der Waals surface area contributed by atoms with Crippen molar-refractivity contribution in [3.8, 4) is 22.9 Å². The van der Waals surface area contributed by atoms with Crippen molar-refractivity contribution in [3.63, 3.8) is 0 Å². The number of carbonyl (C=O) groups excluding carboxylic acids is 5. The zero-order valence-electron chi connectivity index (χ0n) is 53.9. The second-order valence-electron chi connectivity index (χ2n) is 24.4. The van der Waals surface area contributed by atoms with Crippen LogP contribution in [0.1, 0.15) is 105 Å². The molecule has 2 aliphatic rings. The van der Waals surface area contributed by atoms with Gasteiger partial charge in [0.1, 0.15) is 44.0 Å². The predicted octanol–water partition coefficient (Wildman–Crippen LogP) is 11.0. The largest absolute Gasteiger partial charge is 0.543 e. The number of amides is 3. The van der Waals surface area contributed by atoms with E-state index in [0.717, 1.165) is 50.2 Å². The van der Waals surface area contributed by atoms with Crippen LogP contribution in [0.4, 0.5) is 10.5 Å². The maximum Gasteiger partial charge on any atom is 0.510 e. The number of carbonyl (C=O) groups is 5. The summed E-state index contributed by atoms with van der Waals surface area (Å²) in [4.78, 5) is 90.1. The monoisotopic (exact) mass is 1280 g/mol. The van der Waals surface area contributed by atoms with Gasteiger partial charge in [-0.15, -0.1) is 0 Å². The molecule has 93 heavy (non-hydrogen) atoms. The molecule has 22 nitrogen and oxygen atoms in total. The van der Waals surface area contributed by atoms with Gasteiger partial charge < -0.3 is 53.4 Å². The summed E-state index contributed by atoms with van der Waals surface area (Å²) in [6, 6.07) is 41.3. The third kappa shape index (κ3) is 15.6. The molecular formula is C70H81N9O13Si. The molecular weight excluding hydrogens is 1200 g/mol. The molecule has 0 aliphatic carbocycles. The Labute approximate surface area is 541 Å². The van der Waals surface area contributed by atoms with E-state index in [2.05, 4.69) is 96.3 Å². The number of azide groups is 1. The average Bonchev–Trinajstić information content (AvgIpc) is 1.65. The third-order valence-electron chi connectivity index (χ3n) is 17.4. The fourth-order valence-electron chi connectivity index (χ4n) is 11.5. The molecule has 0 radical (unpaired) electrons. The van der Waals surface area contributed by atoms with E-state index in [0.29, 0.717) is 48.4 Å². The van der Waals surface area contributed by atoms with Crippen molar-refractivity contribution in [2.45, 2.75) is 122 Å². The molecule has 2 atom stereocenters. The maximum atomic E-state index is 14.5. The van der Waals surface area contributed by atoms with Gasteiger partial charge in [-0.2, -0.15) is 0 Å². The number of pyridine rings is 2. The number of esters is 1. The van der Waals surface area contributed by atoms with Gasteiger partial charge >= 0.3 is 12.1 Å². The van der Waals surface area contributed by atoms with Crippen molar-refractivity contribution >= 4 is 54.8 Å². The smallest absolute Gasteiger partial charge is 0.510 e. The summed E-state index contributed by atoms with van der Waals surface area (Å²) in [7, 11) is -0.531. The normalized spacial score (nSPS) is 14.5. The lowest BCUT2D eigenvalue weighted by Gasteiger charge is -2.37. The van der Waals surface area contributed by atoms with E-state index in [1.807, 2.05) is 78.9 Å². The van der Waals surface area contributed by atoms with Crippen LogP contribution in [0.2, 0.25) is 18.1 Å². The number of nitrogens with zero attached hydrogens (tertiary/aromatic N) is 5. The Kier molecular flexibility index (Phi) is 22.2. The number of nitrogens with one attached hydrogen (secondary N) is 4. The van der Waals surface area contributed by atoms with Crippen molar-refractivity contribution in [2.24, 2.45) is 5.11 Å². The summed E-state index contributed by atoms with van der Waals surface area (Å²) in [5, 5.41) is 16.5. The first kappa shape index (κ1) is 68.0. The van der Waals surface area contributed by atoms with Gasteiger partial charge in [-0.1, -0.05) is 125 Å². The zero-order valence-corrected chi connectivity index (χ0v) is 54.9. The van der Waals surface area contributed by atoms with Crippen LogP contribution in [-0.4, -0.2) is 107 Å². The van der Waals surface area contributed by atoms with E-state index < -0.39 is 68.6 Å². The van der Waals surface area contributed by atoms with Gasteiger partial charge in [0.15, 0.2) is 0 Å². The van der Waals surface area contributed by atoms with E-state index in [1.54, 1.807) is 48.9 Å². The van der Waals surface area contributed by atoms with Crippen LogP contribution < -0.4 is 36.0 Å². The molecule has 4 N–H and O–H groups in total. The van der Waals surface area contributed by atoms with Gasteiger partial charge in [0.05, 0.1) is 54.9 Å². The quantitative estimate of drug-likeness (QED) is 0.00619. The molecule has 5 aromatic carbocycles. The highest BCUT2D eigenvalue weighted by Gasteiger charge is 2.51. The van der Waals surface area contributed by atoms with Crippen molar-refractivity contribution < 1.29 is 56.8 Å². The van der Waals surface area contributed by atoms with Gasteiger partial charge in [-0.25, -0.2) is 14.6 Å². The zero-order chi connectivity index (χ0) is 66.3. The fraction of sp³-hybridized carbons (Fsp3) is 0.386. The van der Waals surface area contributed by atoms with E-state index in [-0.39, 0.29) is 80.6 Å². The standard InChI is InChI=1S/C70H81N9O13Si/c1-9-53-54-39-52(92-93(7,8)68(3,4)5)32-33-58(54)77-63-55(53)41-79-60(63)40-57-56(65(79)83)43-89-66(84)69(57,10-2)91-67(85)90-42-46-24-28-50(29-25-46)75-64(82)59(76-62(81)45-88-44-61(80)72-35-37-87-38-36-74-78-71)23-17-18-34-73-70(47-19-13-11-14-20-47,48-21-15-12-16-22-48)49-26-30-51(86-6)31-27-49/h11-16,19-22,24-33,39-40,59,73H,9-10,17-18,23,34-38,41-45H2,1-8H3,(H,72,80)(H,75,82)(H,76,81). The number of unbranched alkanes of at least 4 members (excludes halogenated alkanes) is 1. The molecule has 9 rings (SSSR count). The Morgan fingerprint density at radius 1 is 0.806 bits per heavy atom.